The molecule has 0 aliphatic carbocycles. The highest BCUT2D eigenvalue weighted by molar-refractivity contribution is 6.15. The van der Waals surface area contributed by atoms with Crippen LogP contribution in [0.1, 0.15) is 22.3 Å². The van der Waals surface area contributed by atoms with Crippen LogP contribution in [0.2, 0.25) is 0 Å². The Kier molecular flexibility index (Phi) is 2.52. The average Bonchev–Trinajstić information content (AvgIpc) is 2.39. The van der Waals surface area contributed by atoms with Crippen LogP contribution in [0.25, 0.3) is 0 Å². The van der Waals surface area contributed by atoms with Gasteiger partial charge in [-0.15, -0.1) is 0 Å². The van der Waals surface area contributed by atoms with E-state index in [1.54, 1.807) is 0 Å². The second kappa shape index (κ2) is 4.17. The lowest BCUT2D eigenvalue weighted by Crippen LogP contribution is -2.14. The fourth-order valence-electron chi connectivity index (χ4n) is 2.41. The Bertz CT molecular complexity index is 582. The van der Waals surface area contributed by atoms with Crippen LogP contribution >= 0.6 is 0 Å². The SMILES string of the molecule is Cc1ccccc1C1=NCCc2ccccc21. The molecule has 17 heavy (non-hydrogen) atoms. The van der Waals surface area contributed by atoms with Crippen LogP contribution in [-0.4, -0.2) is 12.3 Å². The molecule has 84 valence electrons. The first-order valence-electron chi connectivity index (χ1n) is 6.05. The van der Waals surface area contributed by atoms with Gasteiger partial charge in [0.05, 0.1) is 5.71 Å². The molecule has 3 rings (SSSR count). The molecule has 0 amide bonds. The zero-order valence-corrected chi connectivity index (χ0v) is 9.98. The summed E-state index contributed by atoms with van der Waals surface area (Å²) in [4.78, 5) is 4.72. The summed E-state index contributed by atoms with van der Waals surface area (Å²) in [5.74, 6) is 0. The first-order chi connectivity index (χ1) is 8.36. The normalized spacial score (nSPS) is 14.1. The maximum atomic E-state index is 4.72. The summed E-state index contributed by atoms with van der Waals surface area (Å²) in [7, 11) is 0. The van der Waals surface area contributed by atoms with Gasteiger partial charge in [0.1, 0.15) is 0 Å². The van der Waals surface area contributed by atoms with Crippen molar-refractivity contribution in [3.8, 4) is 0 Å². The number of fused-ring (bicyclic) bond motifs is 1. The van der Waals surface area contributed by atoms with E-state index in [1.807, 2.05) is 0 Å². The van der Waals surface area contributed by atoms with Gasteiger partial charge in [-0.2, -0.15) is 0 Å². The highest BCUT2D eigenvalue weighted by atomic mass is 14.7. The van der Waals surface area contributed by atoms with Gasteiger partial charge in [-0.05, 0) is 24.5 Å². The zero-order valence-electron chi connectivity index (χ0n) is 9.98. The van der Waals surface area contributed by atoms with Crippen molar-refractivity contribution >= 4 is 5.71 Å². The molecular formula is C16H15N. The molecule has 2 aromatic rings. The van der Waals surface area contributed by atoms with Crippen molar-refractivity contribution in [3.63, 3.8) is 0 Å². The fourth-order valence-corrected chi connectivity index (χ4v) is 2.41. The molecule has 0 spiro atoms. The molecule has 2 aromatic carbocycles. The number of nitrogens with zero attached hydrogens (tertiary/aromatic N) is 1. The summed E-state index contributed by atoms with van der Waals surface area (Å²) >= 11 is 0. The van der Waals surface area contributed by atoms with E-state index in [2.05, 4.69) is 55.5 Å². The Hall–Kier alpha value is -1.89. The second-order valence-electron chi connectivity index (χ2n) is 4.45. The summed E-state index contributed by atoms with van der Waals surface area (Å²) in [6.07, 6.45) is 1.06. The molecule has 0 saturated carbocycles. The van der Waals surface area contributed by atoms with Gasteiger partial charge in [0.25, 0.3) is 0 Å². The van der Waals surface area contributed by atoms with Crippen molar-refractivity contribution in [1.82, 2.24) is 0 Å². The topological polar surface area (TPSA) is 12.4 Å². The summed E-state index contributed by atoms with van der Waals surface area (Å²) in [6, 6.07) is 17.1. The van der Waals surface area contributed by atoms with E-state index >= 15 is 0 Å². The molecule has 0 fully saturated rings. The molecule has 1 aliphatic rings. The largest absolute Gasteiger partial charge is 0.284 e. The smallest absolute Gasteiger partial charge is 0.0724 e. The highest BCUT2D eigenvalue weighted by Crippen LogP contribution is 2.21. The highest BCUT2D eigenvalue weighted by Gasteiger charge is 2.15. The predicted octanol–water partition coefficient (Wildman–Crippen LogP) is 3.39. The number of benzene rings is 2. The molecule has 0 aromatic heterocycles. The van der Waals surface area contributed by atoms with Gasteiger partial charge in [0, 0.05) is 17.7 Å². The van der Waals surface area contributed by atoms with Crippen LogP contribution in [-0.2, 0) is 6.42 Å². The van der Waals surface area contributed by atoms with Crippen molar-refractivity contribution in [2.24, 2.45) is 4.99 Å². The van der Waals surface area contributed by atoms with E-state index in [-0.39, 0.29) is 0 Å². The van der Waals surface area contributed by atoms with Crippen LogP contribution in [0.3, 0.4) is 0 Å². The van der Waals surface area contributed by atoms with Gasteiger partial charge in [-0.1, -0.05) is 48.5 Å². The lowest BCUT2D eigenvalue weighted by molar-refractivity contribution is 0.943. The lowest BCUT2D eigenvalue weighted by atomic mass is 9.91. The van der Waals surface area contributed by atoms with E-state index in [4.69, 9.17) is 4.99 Å². The Morgan fingerprint density at radius 1 is 0.882 bits per heavy atom. The quantitative estimate of drug-likeness (QED) is 0.700. The van der Waals surface area contributed by atoms with Gasteiger partial charge in [-0.3, -0.25) is 4.99 Å². The minimum atomic E-state index is 0.903. The summed E-state index contributed by atoms with van der Waals surface area (Å²) < 4.78 is 0. The fraction of sp³-hybridized carbons (Fsp3) is 0.188. The minimum absolute atomic E-state index is 0.903. The average molecular weight is 221 g/mol. The van der Waals surface area contributed by atoms with Crippen LogP contribution in [0.15, 0.2) is 53.5 Å². The third kappa shape index (κ3) is 1.78. The minimum Gasteiger partial charge on any atom is -0.284 e. The van der Waals surface area contributed by atoms with Crippen LogP contribution in [0.5, 0.6) is 0 Å². The van der Waals surface area contributed by atoms with Gasteiger partial charge >= 0.3 is 0 Å². The zero-order chi connectivity index (χ0) is 11.7. The summed E-state index contributed by atoms with van der Waals surface area (Å²) in [5, 5.41) is 0. The number of hydrogen-bond acceptors (Lipinski definition) is 1. The lowest BCUT2D eigenvalue weighted by Gasteiger charge is -2.18. The van der Waals surface area contributed by atoms with E-state index in [0.717, 1.165) is 18.7 Å². The molecule has 0 saturated heterocycles. The third-order valence-corrected chi connectivity index (χ3v) is 3.32. The van der Waals surface area contributed by atoms with E-state index in [1.165, 1.54) is 22.3 Å². The molecule has 1 heteroatoms. The van der Waals surface area contributed by atoms with Crippen molar-refractivity contribution in [3.05, 3.63) is 70.8 Å². The number of aryl methyl sites for hydroxylation is 1. The van der Waals surface area contributed by atoms with Gasteiger partial charge in [-0.25, -0.2) is 0 Å². The van der Waals surface area contributed by atoms with Crippen LogP contribution < -0.4 is 0 Å². The Balaban J connectivity index is 2.17. The number of hydrogen-bond donors (Lipinski definition) is 0. The molecule has 0 N–H and O–H groups in total. The van der Waals surface area contributed by atoms with E-state index < -0.39 is 0 Å². The second-order valence-corrected chi connectivity index (χ2v) is 4.45. The maximum absolute atomic E-state index is 4.72. The molecular weight excluding hydrogens is 206 g/mol. The number of aliphatic imine (C=N–C) groups is 1. The Morgan fingerprint density at radius 3 is 2.41 bits per heavy atom. The van der Waals surface area contributed by atoms with Gasteiger partial charge in [0.2, 0.25) is 0 Å². The monoisotopic (exact) mass is 221 g/mol. The molecule has 1 heterocycles. The van der Waals surface area contributed by atoms with Crippen molar-refractivity contribution in [1.29, 1.82) is 0 Å². The van der Waals surface area contributed by atoms with E-state index in [0.29, 0.717) is 0 Å². The Labute approximate surface area is 102 Å². The van der Waals surface area contributed by atoms with Crippen molar-refractivity contribution in [2.45, 2.75) is 13.3 Å². The molecule has 0 radical (unpaired) electrons. The predicted molar refractivity (Wildman–Crippen MR) is 71.8 cm³/mol. The summed E-state index contributed by atoms with van der Waals surface area (Å²) in [5.41, 5.74) is 6.43. The van der Waals surface area contributed by atoms with Gasteiger partial charge in [0.15, 0.2) is 0 Å². The third-order valence-electron chi connectivity index (χ3n) is 3.32. The summed E-state index contributed by atoms with van der Waals surface area (Å²) in [6.45, 7) is 3.05. The molecule has 1 nitrogen and oxygen atoms in total. The van der Waals surface area contributed by atoms with E-state index in [9.17, 15) is 0 Å². The molecule has 0 bridgehead atoms. The standard InChI is InChI=1S/C16H15N/c1-12-6-2-4-8-14(12)16-15-9-5-3-7-13(15)10-11-17-16/h2-9H,10-11H2,1H3. The van der Waals surface area contributed by atoms with Crippen LogP contribution in [0.4, 0.5) is 0 Å². The number of rotatable bonds is 1. The van der Waals surface area contributed by atoms with Gasteiger partial charge < -0.3 is 0 Å². The first-order valence-corrected chi connectivity index (χ1v) is 6.05. The van der Waals surface area contributed by atoms with Crippen molar-refractivity contribution < 1.29 is 0 Å². The molecule has 1 aliphatic heterocycles. The Morgan fingerprint density at radius 2 is 1.59 bits per heavy atom. The van der Waals surface area contributed by atoms with Crippen molar-refractivity contribution in [2.75, 3.05) is 6.54 Å². The molecule has 0 unspecified atom stereocenters. The van der Waals surface area contributed by atoms with Crippen LogP contribution in [0, 0.1) is 6.92 Å². The molecule has 0 atom stereocenters. The maximum Gasteiger partial charge on any atom is 0.0724 e. The first kappa shape index (κ1) is 10.3.